The fourth-order valence-electron chi connectivity index (χ4n) is 3.55. The molecule has 1 fully saturated rings. The Labute approximate surface area is 162 Å². The van der Waals surface area contributed by atoms with Crippen LogP contribution in [0.4, 0.5) is 0 Å². The molecule has 6 heteroatoms. The SMILES string of the molecule is CC(C)Cc1cccc(C(C)C(=O)N2CCOC(CN(C)CC(=O)O)C2)c1. The molecule has 0 radical (unpaired) electrons. The van der Waals surface area contributed by atoms with Crippen molar-refractivity contribution < 1.29 is 19.4 Å². The van der Waals surface area contributed by atoms with Gasteiger partial charge in [0.15, 0.2) is 0 Å². The molecular weight excluding hydrogens is 344 g/mol. The van der Waals surface area contributed by atoms with Crippen molar-refractivity contribution in [3.05, 3.63) is 35.4 Å². The van der Waals surface area contributed by atoms with Crippen LogP contribution in [0.15, 0.2) is 24.3 Å². The average Bonchev–Trinajstić information content (AvgIpc) is 2.59. The van der Waals surface area contributed by atoms with Crippen molar-refractivity contribution >= 4 is 11.9 Å². The highest BCUT2D eigenvalue weighted by Crippen LogP contribution is 2.22. The maximum absolute atomic E-state index is 13.0. The molecule has 1 aromatic rings. The number of amides is 1. The van der Waals surface area contributed by atoms with Crippen LogP contribution in [0.2, 0.25) is 0 Å². The molecular formula is C21H32N2O4. The minimum Gasteiger partial charge on any atom is -0.480 e. The van der Waals surface area contributed by atoms with E-state index in [9.17, 15) is 9.59 Å². The van der Waals surface area contributed by atoms with Gasteiger partial charge >= 0.3 is 5.97 Å². The van der Waals surface area contributed by atoms with E-state index in [-0.39, 0.29) is 24.5 Å². The number of carboxylic acids is 1. The normalized spacial score (nSPS) is 18.7. The Morgan fingerprint density at radius 3 is 2.74 bits per heavy atom. The van der Waals surface area contributed by atoms with Crippen molar-refractivity contribution in [2.24, 2.45) is 5.92 Å². The van der Waals surface area contributed by atoms with Gasteiger partial charge in [0.25, 0.3) is 0 Å². The zero-order valence-corrected chi connectivity index (χ0v) is 16.9. The van der Waals surface area contributed by atoms with Gasteiger partial charge in [-0.3, -0.25) is 14.5 Å². The van der Waals surface area contributed by atoms with E-state index in [2.05, 4.69) is 26.0 Å². The van der Waals surface area contributed by atoms with Gasteiger partial charge < -0.3 is 14.7 Å². The number of carbonyl (C=O) groups is 2. The van der Waals surface area contributed by atoms with Crippen LogP contribution in [0, 0.1) is 5.92 Å². The first-order chi connectivity index (χ1) is 12.8. The Bertz CT molecular complexity index is 647. The predicted octanol–water partition coefficient (Wildman–Crippen LogP) is 2.23. The van der Waals surface area contributed by atoms with E-state index < -0.39 is 5.97 Å². The molecule has 0 bridgehead atoms. The van der Waals surface area contributed by atoms with Crippen LogP contribution in [0.25, 0.3) is 0 Å². The Morgan fingerprint density at radius 1 is 1.33 bits per heavy atom. The second-order valence-electron chi connectivity index (χ2n) is 7.93. The average molecular weight is 376 g/mol. The second-order valence-corrected chi connectivity index (χ2v) is 7.93. The standard InChI is InChI=1S/C21H32N2O4/c1-15(2)10-17-6-5-7-18(11-17)16(3)21(26)23-8-9-27-19(13-23)12-22(4)14-20(24)25/h5-7,11,15-16,19H,8-10,12-14H2,1-4H3,(H,24,25). The third-order valence-corrected chi connectivity index (χ3v) is 4.84. The highest BCUT2D eigenvalue weighted by Gasteiger charge is 2.29. The molecule has 1 aromatic carbocycles. The van der Waals surface area contributed by atoms with Gasteiger partial charge in [-0.15, -0.1) is 0 Å². The van der Waals surface area contributed by atoms with Crippen LogP contribution < -0.4 is 0 Å². The third kappa shape index (κ3) is 6.63. The number of benzene rings is 1. The molecule has 0 aromatic heterocycles. The van der Waals surface area contributed by atoms with Crippen LogP contribution in [0.5, 0.6) is 0 Å². The zero-order valence-electron chi connectivity index (χ0n) is 16.9. The lowest BCUT2D eigenvalue weighted by molar-refractivity contribution is -0.143. The summed E-state index contributed by atoms with van der Waals surface area (Å²) in [4.78, 5) is 27.4. The maximum Gasteiger partial charge on any atom is 0.317 e. The minimum atomic E-state index is -0.865. The number of likely N-dealkylation sites (N-methyl/N-ethyl adjacent to an activating group) is 1. The number of hydrogen-bond acceptors (Lipinski definition) is 4. The molecule has 6 nitrogen and oxygen atoms in total. The summed E-state index contributed by atoms with van der Waals surface area (Å²) in [5.74, 6) is -0.385. The van der Waals surface area contributed by atoms with Crippen LogP contribution >= 0.6 is 0 Å². The quantitative estimate of drug-likeness (QED) is 0.753. The van der Waals surface area contributed by atoms with Gasteiger partial charge in [0.05, 0.1) is 25.2 Å². The van der Waals surface area contributed by atoms with E-state index in [1.165, 1.54) is 5.56 Å². The third-order valence-electron chi connectivity index (χ3n) is 4.84. The van der Waals surface area contributed by atoms with Crippen LogP contribution in [0.1, 0.15) is 37.8 Å². The number of hydrogen-bond donors (Lipinski definition) is 1. The van der Waals surface area contributed by atoms with Gasteiger partial charge in [-0.1, -0.05) is 38.1 Å². The highest BCUT2D eigenvalue weighted by molar-refractivity contribution is 5.83. The van der Waals surface area contributed by atoms with E-state index in [0.29, 0.717) is 32.2 Å². The number of nitrogens with zero attached hydrogens (tertiary/aromatic N) is 2. The molecule has 1 aliphatic rings. The first-order valence-electron chi connectivity index (χ1n) is 9.65. The fraction of sp³-hybridized carbons (Fsp3) is 0.619. The van der Waals surface area contributed by atoms with Crippen molar-refractivity contribution in [1.82, 2.24) is 9.80 Å². The number of aliphatic carboxylic acids is 1. The Balaban J connectivity index is 1.98. The van der Waals surface area contributed by atoms with Crippen LogP contribution in [-0.4, -0.2) is 72.7 Å². The van der Waals surface area contributed by atoms with E-state index in [0.717, 1.165) is 12.0 Å². The molecule has 150 valence electrons. The lowest BCUT2D eigenvalue weighted by Crippen LogP contribution is -2.50. The van der Waals surface area contributed by atoms with E-state index >= 15 is 0 Å². The molecule has 2 rings (SSSR count). The van der Waals surface area contributed by atoms with Crippen molar-refractivity contribution in [3.63, 3.8) is 0 Å². The second kappa shape index (κ2) is 9.85. The summed E-state index contributed by atoms with van der Waals surface area (Å²) >= 11 is 0. The van der Waals surface area contributed by atoms with Gasteiger partial charge in [-0.2, -0.15) is 0 Å². The summed E-state index contributed by atoms with van der Waals surface area (Å²) in [7, 11) is 1.75. The van der Waals surface area contributed by atoms with Gasteiger partial charge in [0.1, 0.15) is 0 Å². The number of carboxylic acid groups (broad SMARTS) is 1. The van der Waals surface area contributed by atoms with E-state index in [1.807, 2.05) is 24.0 Å². The first-order valence-corrected chi connectivity index (χ1v) is 9.65. The zero-order chi connectivity index (χ0) is 20.0. The van der Waals surface area contributed by atoms with Crippen LogP contribution in [0.3, 0.4) is 0 Å². The Morgan fingerprint density at radius 2 is 2.07 bits per heavy atom. The summed E-state index contributed by atoms with van der Waals surface area (Å²) in [6.07, 6.45) is 0.844. The maximum atomic E-state index is 13.0. The monoisotopic (exact) mass is 376 g/mol. The van der Waals surface area contributed by atoms with E-state index in [4.69, 9.17) is 9.84 Å². The van der Waals surface area contributed by atoms with Crippen molar-refractivity contribution in [1.29, 1.82) is 0 Å². The summed E-state index contributed by atoms with van der Waals surface area (Å²) in [6.45, 7) is 8.36. The summed E-state index contributed by atoms with van der Waals surface area (Å²) < 4.78 is 5.73. The van der Waals surface area contributed by atoms with Gasteiger partial charge in [-0.25, -0.2) is 0 Å². The molecule has 0 aliphatic carbocycles. The Kier molecular flexibility index (Phi) is 7.80. The summed E-state index contributed by atoms with van der Waals surface area (Å²) in [5.41, 5.74) is 2.31. The molecule has 1 N–H and O–H groups in total. The van der Waals surface area contributed by atoms with Crippen LogP contribution in [-0.2, 0) is 20.7 Å². The minimum absolute atomic E-state index is 0.0349. The molecule has 1 saturated heterocycles. The topological polar surface area (TPSA) is 70.1 Å². The molecule has 27 heavy (non-hydrogen) atoms. The number of carbonyl (C=O) groups excluding carboxylic acids is 1. The lowest BCUT2D eigenvalue weighted by Gasteiger charge is -2.36. The fourth-order valence-corrected chi connectivity index (χ4v) is 3.55. The molecule has 1 amide bonds. The van der Waals surface area contributed by atoms with Gasteiger partial charge in [0.2, 0.25) is 5.91 Å². The summed E-state index contributed by atoms with van der Waals surface area (Å²) in [6, 6.07) is 8.30. The number of morpholine rings is 1. The Hall–Kier alpha value is -1.92. The summed E-state index contributed by atoms with van der Waals surface area (Å²) in [5, 5.41) is 8.88. The van der Waals surface area contributed by atoms with Crippen molar-refractivity contribution in [2.45, 2.75) is 39.2 Å². The molecule has 0 spiro atoms. The number of ether oxygens (including phenoxy) is 1. The molecule has 1 aliphatic heterocycles. The van der Waals surface area contributed by atoms with Crippen molar-refractivity contribution in [3.8, 4) is 0 Å². The largest absolute Gasteiger partial charge is 0.480 e. The van der Waals surface area contributed by atoms with E-state index in [1.54, 1.807) is 11.9 Å². The molecule has 0 saturated carbocycles. The van der Waals surface area contributed by atoms with Gasteiger partial charge in [-0.05, 0) is 37.4 Å². The smallest absolute Gasteiger partial charge is 0.317 e. The number of rotatable bonds is 8. The van der Waals surface area contributed by atoms with Crippen molar-refractivity contribution in [2.75, 3.05) is 39.8 Å². The lowest BCUT2D eigenvalue weighted by atomic mass is 9.94. The highest BCUT2D eigenvalue weighted by atomic mass is 16.5. The molecule has 2 atom stereocenters. The molecule has 2 unspecified atom stereocenters. The predicted molar refractivity (Wildman–Crippen MR) is 105 cm³/mol. The first kappa shape index (κ1) is 21.4. The van der Waals surface area contributed by atoms with Gasteiger partial charge in [0, 0.05) is 19.6 Å². The molecule has 1 heterocycles.